The molecule has 0 radical (unpaired) electrons. The van der Waals surface area contributed by atoms with E-state index < -0.39 is 0 Å². The maximum atomic E-state index is 12.5. The SMILES string of the molecule is CCC1CCCCC1C(=O)C1=CCCCC1. The maximum Gasteiger partial charge on any atom is 0.161 e. The predicted octanol–water partition coefficient (Wildman–Crippen LogP) is 4.27. The fourth-order valence-corrected chi connectivity index (χ4v) is 3.34. The normalized spacial score (nSPS) is 30.9. The third-order valence-electron chi connectivity index (χ3n) is 4.38. The van der Waals surface area contributed by atoms with Crippen molar-refractivity contribution in [2.24, 2.45) is 11.8 Å². The predicted molar refractivity (Wildman–Crippen MR) is 67.3 cm³/mol. The molecule has 0 aromatic heterocycles. The van der Waals surface area contributed by atoms with Gasteiger partial charge >= 0.3 is 0 Å². The molecule has 2 atom stereocenters. The number of allylic oxidation sites excluding steroid dienone is 2. The molecule has 2 aliphatic carbocycles. The van der Waals surface area contributed by atoms with Crippen LogP contribution in [0.5, 0.6) is 0 Å². The highest BCUT2D eigenvalue weighted by Gasteiger charge is 2.31. The summed E-state index contributed by atoms with van der Waals surface area (Å²) in [5.41, 5.74) is 1.16. The molecule has 1 heteroatoms. The van der Waals surface area contributed by atoms with Crippen molar-refractivity contribution in [1.29, 1.82) is 0 Å². The van der Waals surface area contributed by atoms with Gasteiger partial charge in [0, 0.05) is 5.92 Å². The Morgan fingerprint density at radius 1 is 1.25 bits per heavy atom. The summed E-state index contributed by atoms with van der Waals surface area (Å²) in [6, 6.07) is 0. The maximum absolute atomic E-state index is 12.5. The quantitative estimate of drug-likeness (QED) is 0.694. The molecular weight excluding hydrogens is 196 g/mol. The van der Waals surface area contributed by atoms with Crippen molar-refractivity contribution >= 4 is 5.78 Å². The van der Waals surface area contributed by atoms with Crippen molar-refractivity contribution in [3.63, 3.8) is 0 Å². The minimum absolute atomic E-state index is 0.364. The average molecular weight is 220 g/mol. The fraction of sp³-hybridized carbons (Fsp3) is 0.800. The first-order valence-electron chi connectivity index (χ1n) is 7.06. The van der Waals surface area contributed by atoms with Crippen LogP contribution in [-0.2, 0) is 4.79 Å². The largest absolute Gasteiger partial charge is 0.294 e. The van der Waals surface area contributed by atoms with Crippen LogP contribution in [0.3, 0.4) is 0 Å². The van der Waals surface area contributed by atoms with Crippen LogP contribution in [-0.4, -0.2) is 5.78 Å². The van der Waals surface area contributed by atoms with E-state index >= 15 is 0 Å². The van der Waals surface area contributed by atoms with E-state index in [1.807, 2.05) is 0 Å². The summed E-state index contributed by atoms with van der Waals surface area (Å²) in [6.45, 7) is 2.24. The monoisotopic (exact) mass is 220 g/mol. The molecule has 0 bridgehead atoms. The van der Waals surface area contributed by atoms with Gasteiger partial charge in [-0.2, -0.15) is 0 Å². The Morgan fingerprint density at radius 2 is 2.06 bits per heavy atom. The van der Waals surface area contributed by atoms with Crippen LogP contribution in [0.2, 0.25) is 0 Å². The van der Waals surface area contributed by atoms with Crippen LogP contribution in [0.25, 0.3) is 0 Å². The first kappa shape index (κ1) is 11.9. The smallest absolute Gasteiger partial charge is 0.161 e. The summed E-state index contributed by atoms with van der Waals surface area (Å²) in [7, 11) is 0. The number of hydrogen-bond acceptors (Lipinski definition) is 1. The van der Waals surface area contributed by atoms with Gasteiger partial charge in [0.05, 0.1) is 0 Å². The first-order valence-corrected chi connectivity index (χ1v) is 7.06. The number of rotatable bonds is 3. The minimum Gasteiger partial charge on any atom is -0.294 e. The van der Waals surface area contributed by atoms with Gasteiger partial charge < -0.3 is 0 Å². The number of ketones is 1. The molecule has 0 saturated heterocycles. The van der Waals surface area contributed by atoms with Gasteiger partial charge in [-0.25, -0.2) is 0 Å². The van der Waals surface area contributed by atoms with Crippen molar-refractivity contribution in [1.82, 2.24) is 0 Å². The molecule has 2 aliphatic rings. The van der Waals surface area contributed by atoms with Gasteiger partial charge in [-0.05, 0) is 50.0 Å². The molecule has 0 N–H and O–H groups in total. The van der Waals surface area contributed by atoms with Crippen LogP contribution in [0, 0.1) is 11.8 Å². The van der Waals surface area contributed by atoms with Gasteiger partial charge in [0.25, 0.3) is 0 Å². The van der Waals surface area contributed by atoms with Crippen molar-refractivity contribution in [3.05, 3.63) is 11.6 Å². The molecule has 0 aromatic carbocycles. The van der Waals surface area contributed by atoms with E-state index in [0.29, 0.717) is 17.6 Å². The van der Waals surface area contributed by atoms with E-state index in [1.54, 1.807) is 0 Å². The van der Waals surface area contributed by atoms with E-state index in [0.717, 1.165) is 24.8 Å². The highest BCUT2D eigenvalue weighted by Crippen LogP contribution is 2.35. The number of Topliss-reactive ketones (excluding diaryl/α,β-unsaturated/α-hetero) is 1. The fourth-order valence-electron chi connectivity index (χ4n) is 3.34. The Bertz CT molecular complexity index is 277. The zero-order valence-corrected chi connectivity index (χ0v) is 10.5. The molecule has 0 heterocycles. The Balaban J connectivity index is 2.04. The lowest BCUT2D eigenvalue weighted by Crippen LogP contribution is -2.28. The topological polar surface area (TPSA) is 17.1 Å². The summed E-state index contributed by atoms with van der Waals surface area (Å²) in [5, 5.41) is 0. The summed E-state index contributed by atoms with van der Waals surface area (Å²) in [6.07, 6.45) is 13.1. The lowest BCUT2D eigenvalue weighted by molar-refractivity contribution is -0.122. The zero-order valence-electron chi connectivity index (χ0n) is 10.5. The average Bonchev–Trinajstić information content (AvgIpc) is 2.39. The van der Waals surface area contributed by atoms with Crippen LogP contribution >= 0.6 is 0 Å². The second kappa shape index (κ2) is 5.65. The molecule has 1 saturated carbocycles. The molecule has 90 valence electrons. The molecule has 0 aliphatic heterocycles. The van der Waals surface area contributed by atoms with Crippen LogP contribution in [0.1, 0.15) is 64.7 Å². The Labute approximate surface area is 99.3 Å². The molecule has 1 fully saturated rings. The molecule has 2 rings (SSSR count). The van der Waals surface area contributed by atoms with Crippen LogP contribution < -0.4 is 0 Å². The molecule has 0 spiro atoms. The first-order chi connectivity index (χ1) is 7.83. The second-order valence-electron chi connectivity index (χ2n) is 5.40. The van der Waals surface area contributed by atoms with Crippen molar-refractivity contribution in [3.8, 4) is 0 Å². The van der Waals surface area contributed by atoms with Gasteiger partial charge in [0.2, 0.25) is 0 Å². The third-order valence-corrected chi connectivity index (χ3v) is 4.38. The highest BCUT2D eigenvalue weighted by molar-refractivity contribution is 5.97. The Kier molecular flexibility index (Phi) is 4.20. The summed E-state index contributed by atoms with van der Waals surface area (Å²) in [5.74, 6) is 1.54. The van der Waals surface area contributed by atoms with E-state index in [-0.39, 0.29) is 0 Å². The standard InChI is InChI=1S/C15H24O/c1-2-12-8-6-7-11-14(12)15(16)13-9-4-3-5-10-13/h9,12,14H,2-8,10-11H2,1H3. The van der Waals surface area contributed by atoms with Crippen molar-refractivity contribution in [2.75, 3.05) is 0 Å². The van der Waals surface area contributed by atoms with Gasteiger partial charge in [-0.1, -0.05) is 32.3 Å². The van der Waals surface area contributed by atoms with Crippen LogP contribution in [0.15, 0.2) is 11.6 Å². The Hall–Kier alpha value is -0.590. The molecule has 0 amide bonds. The van der Waals surface area contributed by atoms with Crippen LogP contribution in [0.4, 0.5) is 0 Å². The zero-order chi connectivity index (χ0) is 11.4. The van der Waals surface area contributed by atoms with Gasteiger partial charge in [0.15, 0.2) is 5.78 Å². The third kappa shape index (κ3) is 2.56. The summed E-state index contributed by atoms with van der Waals surface area (Å²) < 4.78 is 0. The van der Waals surface area contributed by atoms with E-state index in [4.69, 9.17) is 0 Å². The van der Waals surface area contributed by atoms with Gasteiger partial charge in [-0.15, -0.1) is 0 Å². The lowest BCUT2D eigenvalue weighted by Gasteiger charge is -2.30. The number of carbonyl (C=O) groups is 1. The summed E-state index contributed by atoms with van der Waals surface area (Å²) in [4.78, 5) is 12.5. The summed E-state index contributed by atoms with van der Waals surface area (Å²) >= 11 is 0. The molecule has 1 nitrogen and oxygen atoms in total. The van der Waals surface area contributed by atoms with E-state index in [9.17, 15) is 4.79 Å². The number of hydrogen-bond donors (Lipinski definition) is 0. The van der Waals surface area contributed by atoms with Gasteiger partial charge in [0.1, 0.15) is 0 Å². The van der Waals surface area contributed by atoms with Gasteiger partial charge in [-0.3, -0.25) is 4.79 Å². The highest BCUT2D eigenvalue weighted by atomic mass is 16.1. The number of carbonyl (C=O) groups excluding carboxylic acids is 1. The van der Waals surface area contributed by atoms with Crippen molar-refractivity contribution in [2.45, 2.75) is 64.7 Å². The molecule has 0 aromatic rings. The van der Waals surface area contributed by atoms with Crippen molar-refractivity contribution < 1.29 is 4.79 Å². The minimum atomic E-state index is 0.364. The molecular formula is C15H24O. The molecule has 16 heavy (non-hydrogen) atoms. The second-order valence-corrected chi connectivity index (χ2v) is 5.40. The Morgan fingerprint density at radius 3 is 2.75 bits per heavy atom. The molecule has 2 unspecified atom stereocenters. The van der Waals surface area contributed by atoms with E-state index in [2.05, 4.69) is 13.0 Å². The lowest BCUT2D eigenvalue weighted by atomic mass is 9.73. The van der Waals surface area contributed by atoms with E-state index in [1.165, 1.54) is 38.5 Å².